The molecule has 13 heteroatoms. The number of thioether (sulfide) groups is 1. The second kappa shape index (κ2) is 14.1. The fourth-order valence-corrected chi connectivity index (χ4v) is 4.02. The molecule has 2 N–H and O–H groups in total. The van der Waals surface area contributed by atoms with Crippen molar-refractivity contribution in [3.63, 3.8) is 0 Å². The maximum atomic E-state index is 12.4. The van der Waals surface area contributed by atoms with Crippen LogP contribution in [-0.4, -0.2) is 49.3 Å². The molecule has 1 unspecified atom stereocenters. The van der Waals surface area contributed by atoms with Crippen LogP contribution in [0.3, 0.4) is 0 Å². The van der Waals surface area contributed by atoms with Crippen molar-refractivity contribution in [2.45, 2.75) is 26.8 Å². The Kier molecular flexibility index (Phi) is 10.6. The minimum Gasteiger partial charge on any atom is -0.481 e. The van der Waals surface area contributed by atoms with E-state index in [1.165, 1.54) is 35.3 Å². The molecule has 1 aromatic heterocycles. The number of nitrogens with one attached hydrogen (secondary N) is 1. The number of hydrogen-bond donors (Lipinski definition) is 2. The minimum atomic E-state index is -4.76. The van der Waals surface area contributed by atoms with E-state index < -0.39 is 12.3 Å². The Morgan fingerprint density at radius 3 is 2.41 bits per heavy atom. The molecule has 214 valence electrons. The van der Waals surface area contributed by atoms with Gasteiger partial charge in [-0.05, 0) is 42.3 Å². The Morgan fingerprint density at radius 1 is 1.10 bits per heavy atom. The lowest BCUT2D eigenvalue weighted by Crippen LogP contribution is -2.17. The lowest BCUT2D eigenvalue weighted by Gasteiger charge is -2.10. The van der Waals surface area contributed by atoms with Gasteiger partial charge in [-0.2, -0.15) is 5.10 Å². The number of alkyl halides is 3. The molecule has 41 heavy (non-hydrogen) atoms. The molecule has 0 fully saturated rings. The largest absolute Gasteiger partial charge is 0.573 e. The molecule has 0 aliphatic heterocycles. The summed E-state index contributed by atoms with van der Waals surface area (Å²) in [6.07, 6.45) is -1.73. The fourth-order valence-electron chi connectivity index (χ4n) is 3.41. The highest BCUT2D eigenvalue weighted by atomic mass is 32.2. The number of carboxylic acid groups (broad SMARTS) is 1. The molecule has 0 bridgehead atoms. The number of amidine groups is 1. The van der Waals surface area contributed by atoms with Crippen LogP contribution < -0.4 is 10.2 Å². The molecule has 0 aliphatic carbocycles. The van der Waals surface area contributed by atoms with Crippen molar-refractivity contribution in [2.75, 3.05) is 5.75 Å². The highest BCUT2D eigenvalue weighted by Gasteiger charge is 2.31. The minimum absolute atomic E-state index is 0. The first-order valence-corrected chi connectivity index (χ1v) is 12.8. The predicted octanol–water partition coefficient (Wildman–Crippen LogP) is 6.33. The van der Waals surface area contributed by atoms with Gasteiger partial charge in [0.25, 0.3) is 0 Å². The maximum absolute atomic E-state index is 12.4. The number of aromatic nitrogens is 3. The zero-order valence-corrected chi connectivity index (χ0v) is 21.8. The number of hydrogen-bond acceptors (Lipinski definition) is 7. The number of ether oxygens (including phenoxy) is 1. The normalized spacial score (nSPS) is 12.5. The van der Waals surface area contributed by atoms with Crippen molar-refractivity contribution in [3.8, 4) is 22.8 Å². The van der Waals surface area contributed by atoms with E-state index in [0.717, 1.165) is 28.5 Å². The molecular formula is C28H27F3N6O3S. The summed E-state index contributed by atoms with van der Waals surface area (Å²) >= 11 is 1.04. The van der Waals surface area contributed by atoms with Crippen molar-refractivity contribution in [2.24, 2.45) is 10.1 Å². The third kappa shape index (κ3) is 9.49. The molecule has 1 heterocycles. The van der Waals surface area contributed by atoms with Crippen molar-refractivity contribution >= 4 is 29.1 Å². The Hall–Kier alpha value is -4.65. The molecule has 9 nitrogen and oxygen atoms in total. The first-order valence-electron chi connectivity index (χ1n) is 11.8. The molecule has 0 radical (unpaired) electrons. The van der Waals surface area contributed by atoms with Gasteiger partial charge in [0.1, 0.15) is 12.1 Å². The van der Waals surface area contributed by atoms with E-state index in [2.05, 4.69) is 30.3 Å². The number of carboxylic acids is 1. The quantitative estimate of drug-likeness (QED) is 0.134. The lowest BCUT2D eigenvalue weighted by molar-refractivity contribution is -0.274. The van der Waals surface area contributed by atoms with Crippen molar-refractivity contribution in [1.29, 1.82) is 0 Å². The zero-order valence-electron chi connectivity index (χ0n) is 21.0. The molecule has 0 saturated heterocycles. The SMILES string of the molecule is C.CC(N=C(N/N=C/c1ccc(-c2ncn(-c3ccc(OC(F)(F)F)cc3)n2)cc1)SCC(=O)O)c1ccccc1. The summed E-state index contributed by atoms with van der Waals surface area (Å²) in [5, 5.41) is 18.0. The molecular weight excluding hydrogens is 557 g/mol. The van der Waals surface area contributed by atoms with Gasteiger partial charge in [-0.3, -0.25) is 15.2 Å². The van der Waals surface area contributed by atoms with Crippen LogP contribution in [0.4, 0.5) is 13.2 Å². The molecule has 0 saturated carbocycles. The van der Waals surface area contributed by atoms with Crippen LogP contribution in [0, 0.1) is 0 Å². The van der Waals surface area contributed by atoms with E-state index in [-0.39, 0.29) is 25.0 Å². The second-order valence-corrected chi connectivity index (χ2v) is 9.21. The van der Waals surface area contributed by atoms with Crippen LogP contribution in [0.15, 0.2) is 95.3 Å². The summed E-state index contributed by atoms with van der Waals surface area (Å²) in [6, 6.07) is 21.9. The lowest BCUT2D eigenvalue weighted by atomic mass is 10.1. The summed E-state index contributed by atoms with van der Waals surface area (Å²) in [4.78, 5) is 19.9. The van der Waals surface area contributed by atoms with Crippen LogP contribution in [0.5, 0.6) is 5.75 Å². The van der Waals surface area contributed by atoms with Crippen LogP contribution in [0.2, 0.25) is 0 Å². The summed E-state index contributed by atoms with van der Waals surface area (Å²) in [7, 11) is 0. The van der Waals surface area contributed by atoms with E-state index in [9.17, 15) is 18.0 Å². The van der Waals surface area contributed by atoms with Crippen LogP contribution in [0.25, 0.3) is 17.1 Å². The molecule has 3 aromatic carbocycles. The predicted molar refractivity (Wildman–Crippen MR) is 153 cm³/mol. The van der Waals surface area contributed by atoms with Gasteiger partial charge in [0.2, 0.25) is 0 Å². The average molecular weight is 585 g/mol. The number of nitrogens with zero attached hydrogens (tertiary/aromatic N) is 5. The number of hydrazone groups is 1. The Morgan fingerprint density at radius 2 is 1.78 bits per heavy atom. The summed E-state index contributed by atoms with van der Waals surface area (Å²) in [5.74, 6) is -1.03. The summed E-state index contributed by atoms with van der Waals surface area (Å²) in [6.45, 7) is 1.91. The van der Waals surface area contributed by atoms with Gasteiger partial charge >= 0.3 is 12.3 Å². The number of aliphatic carboxylic acids is 1. The van der Waals surface area contributed by atoms with Crippen molar-refractivity contribution < 1.29 is 27.8 Å². The van der Waals surface area contributed by atoms with Gasteiger partial charge < -0.3 is 9.84 Å². The van der Waals surface area contributed by atoms with Gasteiger partial charge in [-0.15, -0.1) is 18.3 Å². The van der Waals surface area contributed by atoms with Gasteiger partial charge in [-0.1, -0.05) is 73.8 Å². The maximum Gasteiger partial charge on any atom is 0.573 e. The first-order chi connectivity index (χ1) is 19.2. The monoisotopic (exact) mass is 584 g/mol. The second-order valence-electron chi connectivity index (χ2n) is 8.25. The Labute approximate surface area is 238 Å². The topological polar surface area (TPSA) is 114 Å². The molecule has 4 rings (SSSR count). The molecule has 0 aliphatic rings. The number of aliphatic imine (C=N–C) groups is 1. The van der Waals surface area contributed by atoms with Crippen LogP contribution >= 0.6 is 11.8 Å². The van der Waals surface area contributed by atoms with Crippen LogP contribution in [-0.2, 0) is 4.79 Å². The third-order valence-electron chi connectivity index (χ3n) is 5.29. The Balaban J connectivity index is 0.00000462. The first kappa shape index (κ1) is 30.9. The number of halogens is 3. The summed E-state index contributed by atoms with van der Waals surface area (Å²) < 4.78 is 42.4. The van der Waals surface area contributed by atoms with E-state index in [4.69, 9.17) is 5.11 Å². The van der Waals surface area contributed by atoms with Gasteiger partial charge in [0.05, 0.1) is 23.7 Å². The highest BCUT2D eigenvalue weighted by Crippen LogP contribution is 2.24. The van der Waals surface area contributed by atoms with E-state index in [1.54, 1.807) is 30.5 Å². The summed E-state index contributed by atoms with van der Waals surface area (Å²) in [5.41, 5.74) is 5.81. The van der Waals surface area contributed by atoms with Gasteiger partial charge in [-0.25, -0.2) is 9.67 Å². The number of rotatable bonds is 9. The molecule has 0 spiro atoms. The van der Waals surface area contributed by atoms with E-state index in [0.29, 0.717) is 16.7 Å². The smallest absolute Gasteiger partial charge is 0.481 e. The third-order valence-corrected chi connectivity index (χ3v) is 6.16. The van der Waals surface area contributed by atoms with Crippen molar-refractivity contribution in [3.05, 3.63) is 96.3 Å². The number of benzene rings is 3. The molecule has 4 aromatic rings. The van der Waals surface area contributed by atoms with Gasteiger partial charge in [0.15, 0.2) is 11.0 Å². The van der Waals surface area contributed by atoms with Gasteiger partial charge in [0, 0.05) is 5.56 Å². The van der Waals surface area contributed by atoms with E-state index >= 15 is 0 Å². The zero-order chi connectivity index (χ0) is 28.5. The number of carbonyl (C=O) groups is 1. The Bertz CT molecular complexity index is 1470. The fraction of sp³-hybridized carbons (Fsp3) is 0.179. The van der Waals surface area contributed by atoms with Crippen molar-refractivity contribution in [1.82, 2.24) is 20.2 Å². The highest BCUT2D eigenvalue weighted by molar-refractivity contribution is 8.14. The molecule has 0 amide bonds. The van der Waals surface area contributed by atoms with E-state index in [1.807, 2.05) is 37.3 Å². The molecule has 1 atom stereocenters. The standard InChI is InChI=1S/C27H23F3N6O3S.CH4/c1-18(20-5-3-2-4-6-20)33-26(40-16-24(37)38)34-32-15-19-7-9-21(10-8-19)25-31-17-36(35-25)22-11-13-23(14-12-22)39-27(28,29)30;/h2-15,17-18H,16H2,1H3,(H,33,34)(H,37,38);1H4/b32-15+;. The average Bonchev–Trinajstić information content (AvgIpc) is 3.42. The van der Waals surface area contributed by atoms with Crippen LogP contribution in [0.1, 0.15) is 31.5 Å².